The van der Waals surface area contributed by atoms with E-state index in [1.165, 1.54) is 16.2 Å². The molecule has 1 aliphatic heterocycles. The Morgan fingerprint density at radius 3 is 2.77 bits per heavy atom. The first-order chi connectivity index (χ1) is 14.5. The fourth-order valence-electron chi connectivity index (χ4n) is 3.82. The number of morpholine rings is 1. The van der Waals surface area contributed by atoms with E-state index >= 15 is 0 Å². The van der Waals surface area contributed by atoms with Crippen molar-refractivity contribution in [1.82, 2.24) is 4.90 Å². The van der Waals surface area contributed by atoms with E-state index in [0.717, 1.165) is 36.8 Å². The van der Waals surface area contributed by atoms with Crippen LogP contribution in [0.15, 0.2) is 18.2 Å². The number of carbonyl (C=O) groups is 2. The van der Waals surface area contributed by atoms with E-state index in [9.17, 15) is 9.59 Å². The van der Waals surface area contributed by atoms with Crippen LogP contribution in [-0.2, 0) is 22.4 Å². The lowest BCUT2D eigenvalue weighted by Gasteiger charge is -2.27. The van der Waals surface area contributed by atoms with Gasteiger partial charge in [0.2, 0.25) is 0 Å². The summed E-state index contributed by atoms with van der Waals surface area (Å²) in [5.74, 6) is 0.293. The van der Waals surface area contributed by atoms with E-state index < -0.39 is 0 Å². The molecule has 160 valence electrons. The third-order valence-electron chi connectivity index (χ3n) is 5.44. The Bertz CT molecular complexity index is 953. The molecular formula is C22H25ClN2O4S. The number of nitrogens with one attached hydrogen (secondary N) is 1. The standard InChI is InChI=1S/C22H25ClN2O4S/c1-14-12-15(6-7-17(14)23)29-13-19(26)24-21-20(16-4-2-3-5-18(16)30-21)22(27)25-8-10-28-11-9-25/h6-7,12H,2-5,8-11,13H2,1H3,(H,24,26). The molecule has 2 heterocycles. The van der Waals surface area contributed by atoms with Crippen molar-refractivity contribution >= 4 is 39.8 Å². The highest BCUT2D eigenvalue weighted by molar-refractivity contribution is 7.17. The van der Waals surface area contributed by atoms with Crippen molar-refractivity contribution in [1.29, 1.82) is 0 Å². The van der Waals surface area contributed by atoms with Crippen LogP contribution in [0.3, 0.4) is 0 Å². The zero-order valence-corrected chi connectivity index (χ0v) is 18.5. The molecule has 30 heavy (non-hydrogen) atoms. The number of anilines is 1. The summed E-state index contributed by atoms with van der Waals surface area (Å²) in [6.45, 7) is 4.01. The topological polar surface area (TPSA) is 67.9 Å². The van der Waals surface area contributed by atoms with Gasteiger partial charge in [-0.05, 0) is 61.9 Å². The summed E-state index contributed by atoms with van der Waals surface area (Å²) in [6.07, 6.45) is 4.03. The fraction of sp³-hybridized carbons (Fsp3) is 0.455. The summed E-state index contributed by atoms with van der Waals surface area (Å²) in [6, 6.07) is 5.28. The summed E-state index contributed by atoms with van der Waals surface area (Å²) in [4.78, 5) is 28.9. The number of amides is 2. The van der Waals surface area contributed by atoms with E-state index in [1.54, 1.807) is 18.2 Å². The van der Waals surface area contributed by atoms with Gasteiger partial charge in [0, 0.05) is 23.0 Å². The second kappa shape index (κ2) is 9.37. The molecule has 2 aliphatic rings. The number of fused-ring (bicyclic) bond motifs is 1. The third kappa shape index (κ3) is 4.63. The SMILES string of the molecule is Cc1cc(OCC(=O)Nc2sc3c(c2C(=O)N2CCOCC2)CCCC3)ccc1Cl. The number of benzene rings is 1. The Kier molecular flexibility index (Phi) is 6.61. The van der Waals surface area contributed by atoms with Gasteiger partial charge in [-0.1, -0.05) is 11.6 Å². The molecule has 1 N–H and O–H groups in total. The summed E-state index contributed by atoms with van der Waals surface area (Å²) < 4.78 is 11.0. The van der Waals surface area contributed by atoms with Gasteiger partial charge in [-0.2, -0.15) is 0 Å². The molecule has 1 aromatic heterocycles. The molecule has 0 radical (unpaired) electrons. The Morgan fingerprint density at radius 1 is 1.23 bits per heavy atom. The van der Waals surface area contributed by atoms with Gasteiger partial charge < -0.3 is 19.7 Å². The molecular weight excluding hydrogens is 424 g/mol. The Labute approximate surface area is 185 Å². The molecule has 1 aliphatic carbocycles. The lowest BCUT2D eigenvalue weighted by molar-refractivity contribution is -0.118. The molecule has 0 spiro atoms. The molecule has 0 unspecified atom stereocenters. The molecule has 0 bridgehead atoms. The second-order valence-corrected chi connectivity index (χ2v) is 9.08. The van der Waals surface area contributed by atoms with Crippen LogP contribution in [0.2, 0.25) is 5.02 Å². The number of hydrogen-bond donors (Lipinski definition) is 1. The summed E-state index contributed by atoms with van der Waals surface area (Å²) >= 11 is 7.56. The number of aryl methyl sites for hydroxylation is 2. The first-order valence-corrected chi connectivity index (χ1v) is 11.4. The number of rotatable bonds is 5. The largest absolute Gasteiger partial charge is 0.484 e. The van der Waals surface area contributed by atoms with Gasteiger partial charge in [-0.25, -0.2) is 0 Å². The Hall–Kier alpha value is -2.09. The predicted molar refractivity (Wildman–Crippen MR) is 118 cm³/mol. The summed E-state index contributed by atoms with van der Waals surface area (Å²) in [5, 5.41) is 4.23. The van der Waals surface area contributed by atoms with Crippen molar-refractivity contribution in [2.75, 3.05) is 38.2 Å². The lowest BCUT2D eigenvalue weighted by atomic mass is 9.95. The van der Waals surface area contributed by atoms with Gasteiger partial charge in [0.25, 0.3) is 11.8 Å². The number of nitrogens with zero attached hydrogens (tertiary/aromatic N) is 1. The number of thiophene rings is 1. The van der Waals surface area contributed by atoms with Crippen molar-refractivity contribution in [2.24, 2.45) is 0 Å². The average Bonchev–Trinajstić information content (AvgIpc) is 3.12. The first kappa shape index (κ1) is 21.2. The minimum absolute atomic E-state index is 0.0118. The number of halogens is 1. The van der Waals surface area contributed by atoms with Crippen molar-refractivity contribution in [3.05, 3.63) is 44.8 Å². The van der Waals surface area contributed by atoms with Gasteiger partial charge in [0.1, 0.15) is 10.8 Å². The average molecular weight is 449 g/mol. The summed E-state index contributed by atoms with van der Waals surface area (Å²) in [7, 11) is 0. The van der Waals surface area contributed by atoms with Crippen LogP contribution in [0.1, 0.15) is 39.2 Å². The number of ether oxygens (including phenoxy) is 2. The van der Waals surface area contributed by atoms with Crippen LogP contribution >= 0.6 is 22.9 Å². The van der Waals surface area contributed by atoms with E-state index in [4.69, 9.17) is 21.1 Å². The molecule has 0 atom stereocenters. The predicted octanol–water partition coefficient (Wildman–Crippen LogP) is 4.08. The first-order valence-electron chi connectivity index (χ1n) is 10.2. The van der Waals surface area contributed by atoms with E-state index in [0.29, 0.717) is 47.6 Å². The molecule has 1 fully saturated rings. The highest BCUT2D eigenvalue weighted by atomic mass is 35.5. The molecule has 4 rings (SSSR count). The molecule has 6 nitrogen and oxygen atoms in total. The molecule has 8 heteroatoms. The van der Waals surface area contributed by atoms with Crippen LogP contribution < -0.4 is 10.1 Å². The normalized spacial score (nSPS) is 16.1. The smallest absolute Gasteiger partial charge is 0.262 e. The Balaban J connectivity index is 1.49. The third-order valence-corrected chi connectivity index (χ3v) is 7.07. The lowest BCUT2D eigenvalue weighted by Crippen LogP contribution is -2.41. The highest BCUT2D eigenvalue weighted by Crippen LogP contribution is 2.39. The van der Waals surface area contributed by atoms with E-state index in [1.807, 2.05) is 11.8 Å². The number of carbonyl (C=O) groups excluding carboxylic acids is 2. The van der Waals surface area contributed by atoms with Gasteiger partial charge in [-0.3, -0.25) is 9.59 Å². The van der Waals surface area contributed by atoms with Crippen molar-refractivity contribution < 1.29 is 19.1 Å². The van der Waals surface area contributed by atoms with Gasteiger partial charge in [-0.15, -0.1) is 11.3 Å². The maximum Gasteiger partial charge on any atom is 0.262 e. The zero-order chi connectivity index (χ0) is 21.1. The highest BCUT2D eigenvalue weighted by Gasteiger charge is 2.30. The Morgan fingerprint density at radius 2 is 2.00 bits per heavy atom. The van der Waals surface area contributed by atoms with E-state index in [-0.39, 0.29) is 18.4 Å². The zero-order valence-electron chi connectivity index (χ0n) is 17.0. The quantitative estimate of drug-likeness (QED) is 0.748. The van der Waals surface area contributed by atoms with Crippen LogP contribution in [0.5, 0.6) is 5.75 Å². The van der Waals surface area contributed by atoms with Crippen molar-refractivity contribution in [3.8, 4) is 5.75 Å². The minimum atomic E-state index is -0.280. The maximum atomic E-state index is 13.3. The van der Waals surface area contributed by atoms with Crippen molar-refractivity contribution in [2.45, 2.75) is 32.6 Å². The van der Waals surface area contributed by atoms with Gasteiger partial charge in [0.15, 0.2) is 6.61 Å². The molecule has 1 aromatic carbocycles. The molecule has 1 saturated heterocycles. The monoisotopic (exact) mass is 448 g/mol. The van der Waals surface area contributed by atoms with Crippen LogP contribution in [0.4, 0.5) is 5.00 Å². The van der Waals surface area contributed by atoms with Crippen LogP contribution in [0, 0.1) is 6.92 Å². The molecule has 2 amide bonds. The second-order valence-electron chi connectivity index (χ2n) is 7.57. The van der Waals surface area contributed by atoms with Crippen molar-refractivity contribution in [3.63, 3.8) is 0 Å². The van der Waals surface area contributed by atoms with E-state index in [2.05, 4.69) is 5.32 Å². The van der Waals surface area contributed by atoms with Gasteiger partial charge >= 0.3 is 0 Å². The van der Waals surface area contributed by atoms with Gasteiger partial charge in [0.05, 0.1) is 18.8 Å². The molecule has 0 saturated carbocycles. The minimum Gasteiger partial charge on any atom is -0.484 e. The molecule has 2 aromatic rings. The van der Waals surface area contributed by atoms with Crippen LogP contribution in [-0.4, -0.2) is 49.6 Å². The number of hydrogen-bond acceptors (Lipinski definition) is 5. The summed E-state index contributed by atoms with van der Waals surface area (Å²) in [5.41, 5.74) is 2.65. The van der Waals surface area contributed by atoms with Crippen LogP contribution in [0.25, 0.3) is 0 Å². The maximum absolute atomic E-state index is 13.3. The fourth-order valence-corrected chi connectivity index (χ4v) is 5.24.